The number of halogens is 2. The van der Waals surface area contributed by atoms with E-state index < -0.39 is 0 Å². The first kappa shape index (κ1) is 13.1. The molecule has 0 fully saturated rings. The molecule has 100 valence electrons. The van der Waals surface area contributed by atoms with E-state index in [1.165, 1.54) is 6.20 Å². The van der Waals surface area contributed by atoms with Gasteiger partial charge in [0.2, 0.25) is 5.88 Å². The summed E-state index contributed by atoms with van der Waals surface area (Å²) >= 11 is 9.22. The Morgan fingerprint density at radius 1 is 1.20 bits per heavy atom. The minimum atomic E-state index is 0.422. The van der Waals surface area contributed by atoms with Gasteiger partial charge in [0, 0.05) is 23.5 Å². The molecule has 0 unspecified atom stereocenters. The Morgan fingerprint density at radius 2 is 2.05 bits per heavy atom. The van der Waals surface area contributed by atoms with Gasteiger partial charge in [0.1, 0.15) is 5.52 Å². The zero-order valence-corrected chi connectivity index (χ0v) is 12.5. The molecule has 0 atom stereocenters. The molecule has 20 heavy (non-hydrogen) atoms. The Balaban J connectivity index is 2.09. The summed E-state index contributed by atoms with van der Waals surface area (Å²) in [5, 5.41) is 1.37. The van der Waals surface area contributed by atoms with Crippen LogP contribution in [-0.2, 0) is 0 Å². The molecule has 1 aromatic carbocycles. The number of nitrogens with zero attached hydrogens (tertiary/aromatic N) is 2. The molecule has 0 bridgehead atoms. The molecule has 2 heterocycles. The fraction of sp³-hybridized carbons (Fsp3) is 0. The molecule has 3 rings (SSSR count). The quantitative estimate of drug-likeness (QED) is 0.695. The summed E-state index contributed by atoms with van der Waals surface area (Å²) in [7, 11) is 0. The van der Waals surface area contributed by atoms with E-state index in [2.05, 4.69) is 25.9 Å². The van der Waals surface area contributed by atoms with Crippen LogP contribution in [0.4, 0.5) is 5.69 Å². The fourth-order valence-electron chi connectivity index (χ4n) is 1.83. The summed E-state index contributed by atoms with van der Waals surface area (Å²) in [6.45, 7) is 0. The van der Waals surface area contributed by atoms with Crippen molar-refractivity contribution < 1.29 is 4.74 Å². The van der Waals surface area contributed by atoms with Crippen molar-refractivity contribution in [3.8, 4) is 11.6 Å². The van der Waals surface area contributed by atoms with Crippen LogP contribution < -0.4 is 10.5 Å². The van der Waals surface area contributed by atoms with Gasteiger partial charge in [-0.1, -0.05) is 11.6 Å². The van der Waals surface area contributed by atoms with E-state index in [-0.39, 0.29) is 0 Å². The van der Waals surface area contributed by atoms with Crippen LogP contribution in [-0.4, -0.2) is 9.97 Å². The SMILES string of the molecule is Nc1ccc(Oc2ncc(Cl)cc2Br)c2ncccc12. The average molecular weight is 351 g/mol. The van der Waals surface area contributed by atoms with Gasteiger partial charge in [-0.05, 0) is 46.3 Å². The maximum absolute atomic E-state index is 5.93. The number of rotatable bonds is 2. The Morgan fingerprint density at radius 3 is 2.85 bits per heavy atom. The minimum absolute atomic E-state index is 0.422. The van der Waals surface area contributed by atoms with Gasteiger partial charge in [-0.3, -0.25) is 4.98 Å². The van der Waals surface area contributed by atoms with Crippen molar-refractivity contribution in [2.24, 2.45) is 0 Å². The number of aromatic nitrogens is 2. The Kier molecular flexibility index (Phi) is 3.46. The van der Waals surface area contributed by atoms with Crippen LogP contribution in [0, 0.1) is 0 Å². The first-order valence-corrected chi connectivity index (χ1v) is 6.94. The lowest BCUT2D eigenvalue weighted by Crippen LogP contribution is -1.94. The lowest BCUT2D eigenvalue weighted by atomic mass is 10.2. The van der Waals surface area contributed by atoms with Crippen LogP contribution in [0.1, 0.15) is 0 Å². The van der Waals surface area contributed by atoms with E-state index in [1.54, 1.807) is 24.4 Å². The van der Waals surface area contributed by atoms with Gasteiger partial charge in [0.15, 0.2) is 5.75 Å². The lowest BCUT2D eigenvalue weighted by Gasteiger charge is -2.10. The Bertz CT molecular complexity index is 794. The summed E-state index contributed by atoms with van der Waals surface area (Å²) < 4.78 is 6.47. The molecule has 0 aliphatic rings. The monoisotopic (exact) mass is 349 g/mol. The molecule has 0 saturated carbocycles. The molecule has 0 radical (unpaired) electrons. The average Bonchev–Trinajstić information content (AvgIpc) is 2.45. The van der Waals surface area contributed by atoms with Crippen LogP contribution in [0.25, 0.3) is 10.9 Å². The van der Waals surface area contributed by atoms with Crippen molar-refractivity contribution in [3.05, 3.63) is 52.2 Å². The number of nitrogen functional groups attached to an aromatic ring is 1. The number of benzene rings is 1. The summed E-state index contributed by atoms with van der Waals surface area (Å²) in [6.07, 6.45) is 3.22. The number of fused-ring (bicyclic) bond motifs is 1. The molecular weight excluding hydrogens is 342 g/mol. The second-order valence-corrected chi connectivity index (χ2v) is 5.39. The van der Waals surface area contributed by atoms with E-state index in [9.17, 15) is 0 Å². The van der Waals surface area contributed by atoms with E-state index in [0.29, 0.717) is 32.3 Å². The van der Waals surface area contributed by atoms with Gasteiger partial charge >= 0.3 is 0 Å². The van der Waals surface area contributed by atoms with Crippen LogP contribution in [0.5, 0.6) is 11.6 Å². The van der Waals surface area contributed by atoms with Gasteiger partial charge in [-0.15, -0.1) is 0 Å². The number of pyridine rings is 2. The fourth-order valence-corrected chi connectivity index (χ4v) is 2.55. The Hall–Kier alpha value is -1.85. The summed E-state index contributed by atoms with van der Waals surface area (Å²) in [5.41, 5.74) is 7.28. The van der Waals surface area contributed by atoms with Gasteiger partial charge in [-0.2, -0.15) is 0 Å². The molecule has 0 spiro atoms. The number of nitrogens with two attached hydrogens (primary N) is 1. The molecular formula is C14H9BrClN3O. The molecule has 0 aliphatic carbocycles. The topological polar surface area (TPSA) is 61.0 Å². The molecule has 2 aromatic heterocycles. The number of hydrogen-bond acceptors (Lipinski definition) is 4. The normalized spacial score (nSPS) is 10.7. The van der Waals surface area contributed by atoms with Gasteiger partial charge < -0.3 is 10.5 Å². The van der Waals surface area contributed by atoms with Crippen molar-refractivity contribution in [1.82, 2.24) is 9.97 Å². The zero-order chi connectivity index (χ0) is 14.1. The predicted octanol–water partition coefficient (Wildman–Crippen LogP) is 4.42. The third kappa shape index (κ3) is 2.42. The number of anilines is 1. The van der Waals surface area contributed by atoms with E-state index in [0.717, 1.165) is 5.39 Å². The van der Waals surface area contributed by atoms with Crippen LogP contribution in [0.15, 0.2) is 47.2 Å². The summed E-state index contributed by atoms with van der Waals surface area (Å²) in [5.74, 6) is 1.01. The second kappa shape index (κ2) is 5.26. The summed E-state index contributed by atoms with van der Waals surface area (Å²) in [4.78, 5) is 8.45. The first-order chi connectivity index (χ1) is 9.65. The van der Waals surface area contributed by atoms with Crippen LogP contribution in [0.3, 0.4) is 0 Å². The third-order valence-electron chi connectivity index (χ3n) is 2.75. The van der Waals surface area contributed by atoms with Crippen molar-refractivity contribution in [3.63, 3.8) is 0 Å². The maximum Gasteiger partial charge on any atom is 0.233 e. The second-order valence-electron chi connectivity index (χ2n) is 4.10. The highest BCUT2D eigenvalue weighted by molar-refractivity contribution is 9.10. The highest BCUT2D eigenvalue weighted by atomic mass is 79.9. The largest absolute Gasteiger partial charge is 0.436 e. The van der Waals surface area contributed by atoms with E-state index in [4.69, 9.17) is 22.1 Å². The standard InChI is InChI=1S/C14H9BrClN3O/c15-10-6-8(16)7-19-14(10)20-12-4-3-11(17)9-2-1-5-18-13(9)12/h1-7H,17H2. The van der Waals surface area contributed by atoms with Gasteiger partial charge in [-0.25, -0.2) is 4.98 Å². The molecule has 2 N–H and O–H groups in total. The maximum atomic E-state index is 5.93. The zero-order valence-electron chi connectivity index (χ0n) is 10.2. The minimum Gasteiger partial charge on any atom is -0.436 e. The van der Waals surface area contributed by atoms with Crippen molar-refractivity contribution >= 4 is 44.1 Å². The highest BCUT2D eigenvalue weighted by Gasteiger charge is 2.10. The smallest absolute Gasteiger partial charge is 0.233 e. The number of ether oxygens (including phenoxy) is 1. The van der Waals surface area contributed by atoms with E-state index in [1.807, 2.05) is 12.1 Å². The van der Waals surface area contributed by atoms with Crippen LogP contribution in [0.2, 0.25) is 5.02 Å². The van der Waals surface area contributed by atoms with Gasteiger partial charge in [0.05, 0.1) is 9.50 Å². The summed E-state index contributed by atoms with van der Waals surface area (Å²) in [6, 6.07) is 9.00. The number of hydrogen-bond donors (Lipinski definition) is 1. The molecule has 3 aromatic rings. The Labute approximate surface area is 128 Å². The molecule has 0 saturated heterocycles. The van der Waals surface area contributed by atoms with Crippen molar-refractivity contribution in [1.29, 1.82) is 0 Å². The van der Waals surface area contributed by atoms with Crippen LogP contribution >= 0.6 is 27.5 Å². The van der Waals surface area contributed by atoms with Crippen molar-refractivity contribution in [2.45, 2.75) is 0 Å². The van der Waals surface area contributed by atoms with E-state index >= 15 is 0 Å². The third-order valence-corrected chi connectivity index (χ3v) is 3.52. The molecule has 0 aliphatic heterocycles. The molecule has 0 amide bonds. The van der Waals surface area contributed by atoms with Crippen molar-refractivity contribution in [2.75, 3.05) is 5.73 Å². The highest BCUT2D eigenvalue weighted by Crippen LogP contribution is 2.34. The molecule has 4 nitrogen and oxygen atoms in total. The van der Waals surface area contributed by atoms with Gasteiger partial charge in [0.25, 0.3) is 0 Å². The molecule has 6 heteroatoms. The lowest BCUT2D eigenvalue weighted by molar-refractivity contribution is 0.464. The first-order valence-electron chi connectivity index (χ1n) is 5.77. The predicted molar refractivity (Wildman–Crippen MR) is 83.2 cm³/mol.